The molecule has 0 aliphatic carbocycles. The maximum Gasteiger partial charge on any atom is 0.339 e. The number of nitrogens with two attached hydrogens (primary N) is 1. The van der Waals surface area contributed by atoms with Gasteiger partial charge in [-0.2, -0.15) is 0 Å². The molecule has 0 bridgehead atoms. The van der Waals surface area contributed by atoms with E-state index in [4.69, 9.17) is 10.6 Å². The summed E-state index contributed by atoms with van der Waals surface area (Å²) >= 11 is 0. The van der Waals surface area contributed by atoms with E-state index in [0.29, 0.717) is 11.1 Å². The fourth-order valence-electron chi connectivity index (χ4n) is 4.62. The molecule has 29 heavy (non-hydrogen) atoms. The van der Waals surface area contributed by atoms with Gasteiger partial charge >= 0.3 is 5.97 Å². The van der Waals surface area contributed by atoms with Crippen molar-refractivity contribution >= 4 is 23.6 Å². The lowest BCUT2D eigenvalue weighted by Crippen LogP contribution is -2.50. The molecular formula is C21H26N4O4. The summed E-state index contributed by atoms with van der Waals surface area (Å²) in [5, 5.41) is 3.77. The molecule has 4 rings (SSSR count). The highest BCUT2D eigenvalue weighted by molar-refractivity contribution is 6.21. The van der Waals surface area contributed by atoms with Crippen molar-refractivity contribution in [2.45, 2.75) is 44.6 Å². The quantitative estimate of drug-likeness (QED) is 0.266. The van der Waals surface area contributed by atoms with Gasteiger partial charge in [0, 0.05) is 19.0 Å². The van der Waals surface area contributed by atoms with E-state index in [-0.39, 0.29) is 48.5 Å². The van der Waals surface area contributed by atoms with Crippen molar-refractivity contribution in [1.82, 2.24) is 9.80 Å². The first-order valence-corrected chi connectivity index (χ1v) is 10.3. The first-order valence-electron chi connectivity index (χ1n) is 10.3. The summed E-state index contributed by atoms with van der Waals surface area (Å²) in [5.74, 6) is -1.10. The average Bonchev–Trinajstić information content (AvgIpc) is 3.00. The summed E-state index contributed by atoms with van der Waals surface area (Å²) in [6.07, 6.45) is 5.27. The lowest BCUT2D eigenvalue weighted by Gasteiger charge is -2.42. The smallest absolute Gasteiger partial charge is 0.339 e. The van der Waals surface area contributed by atoms with Gasteiger partial charge in [0.25, 0.3) is 11.8 Å². The van der Waals surface area contributed by atoms with Gasteiger partial charge in [0.05, 0.1) is 17.0 Å². The fourth-order valence-corrected chi connectivity index (χ4v) is 4.62. The number of hydrogen-bond donors (Lipinski definition) is 1. The van der Waals surface area contributed by atoms with Crippen LogP contribution in [-0.2, 0) is 9.63 Å². The van der Waals surface area contributed by atoms with E-state index in [1.165, 1.54) is 6.42 Å². The number of imide groups is 1. The van der Waals surface area contributed by atoms with Crippen LogP contribution in [0.4, 0.5) is 0 Å². The molecule has 0 unspecified atom stereocenters. The molecule has 2 N–H and O–H groups in total. The summed E-state index contributed by atoms with van der Waals surface area (Å²) in [5.41, 5.74) is 6.66. The van der Waals surface area contributed by atoms with Gasteiger partial charge in [-0.15, -0.1) is 0 Å². The lowest BCUT2D eigenvalue weighted by atomic mass is 9.84. The van der Waals surface area contributed by atoms with Crippen molar-refractivity contribution in [3.63, 3.8) is 0 Å². The Balaban J connectivity index is 1.31. The van der Waals surface area contributed by atoms with Crippen LogP contribution in [0.2, 0.25) is 0 Å². The largest absolute Gasteiger partial charge is 0.384 e. The van der Waals surface area contributed by atoms with Gasteiger partial charge in [0.2, 0.25) is 0 Å². The Kier molecular flexibility index (Phi) is 5.62. The van der Waals surface area contributed by atoms with Gasteiger partial charge in [-0.1, -0.05) is 23.7 Å². The summed E-state index contributed by atoms with van der Waals surface area (Å²) in [7, 11) is 0. The van der Waals surface area contributed by atoms with Crippen LogP contribution in [0.3, 0.4) is 0 Å². The normalized spacial score (nSPS) is 25.0. The highest BCUT2D eigenvalue weighted by Gasteiger charge is 2.38. The van der Waals surface area contributed by atoms with E-state index < -0.39 is 0 Å². The third-order valence-corrected chi connectivity index (χ3v) is 6.11. The molecule has 3 aliphatic heterocycles. The van der Waals surface area contributed by atoms with Gasteiger partial charge in [-0.05, 0) is 50.9 Å². The van der Waals surface area contributed by atoms with Crippen LogP contribution in [-0.4, -0.2) is 59.1 Å². The molecule has 1 aromatic carbocycles. The summed E-state index contributed by atoms with van der Waals surface area (Å²) < 4.78 is 0. The van der Waals surface area contributed by atoms with Crippen LogP contribution in [0.5, 0.6) is 0 Å². The zero-order valence-electron chi connectivity index (χ0n) is 16.4. The molecular weight excluding hydrogens is 372 g/mol. The van der Waals surface area contributed by atoms with Crippen molar-refractivity contribution in [2.24, 2.45) is 16.8 Å². The van der Waals surface area contributed by atoms with E-state index in [0.717, 1.165) is 43.7 Å². The van der Waals surface area contributed by atoms with Crippen LogP contribution < -0.4 is 5.73 Å². The van der Waals surface area contributed by atoms with Crippen molar-refractivity contribution in [1.29, 1.82) is 0 Å². The number of carbonyl (C=O) groups excluding carboxylic acids is 3. The van der Waals surface area contributed by atoms with Crippen molar-refractivity contribution in [2.75, 3.05) is 19.6 Å². The lowest BCUT2D eigenvalue weighted by molar-refractivity contribution is -0.153. The van der Waals surface area contributed by atoms with Crippen molar-refractivity contribution in [3.05, 3.63) is 35.4 Å². The Morgan fingerprint density at radius 2 is 1.76 bits per heavy atom. The second kappa shape index (κ2) is 8.32. The zero-order valence-corrected chi connectivity index (χ0v) is 16.4. The summed E-state index contributed by atoms with van der Waals surface area (Å²) in [6.45, 7) is 2.18. The molecule has 2 saturated heterocycles. The number of oxime groups is 1. The van der Waals surface area contributed by atoms with E-state index in [1.54, 1.807) is 24.3 Å². The molecule has 0 aromatic heterocycles. The Bertz CT molecular complexity index is 816. The predicted molar refractivity (Wildman–Crippen MR) is 106 cm³/mol. The number of fused-ring (bicyclic) bond motifs is 2. The SMILES string of the molecule is N/C(CCN1C(=O)c2ccccc2C1=O)=N/OC(=O)[C@H]1CCCN2CCCC[C@H]12. The Hall–Kier alpha value is -2.74. The van der Waals surface area contributed by atoms with Crippen LogP contribution in [0, 0.1) is 5.92 Å². The number of rotatable bonds is 5. The molecule has 0 saturated carbocycles. The molecule has 2 amide bonds. The molecule has 0 spiro atoms. The highest BCUT2D eigenvalue weighted by Crippen LogP contribution is 2.31. The highest BCUT2D eigenvalue weighted by atomic mass is 16.7. The number of hydrogen-bond acceptors (Lipinski definition) is 6. The standard InChI is InChI=1S/C21H26N4O4/c22-18(10-13-25-19(26)14-6-1-2-7-15(14)20(25)27)23-29-21(28)16-8-5-12-24-11-4-3-9-17(16)24/h1-2,6-7,16-17H,3-5,8-13H2,(H2,22,23)/t16-,17+/m0/s1. The number of amides is 2. The van der Waals surface area contributed by atoms with Gasteiger partial charge in [-0.25, -0.2) is 4.79 Å². The predicted octanol–water partition coefficient (Wildman–Crippen LogP) is 1.75. The second-order valence-electron chi connectivity index (χ2n) is 7.90. The number of benzene rings is 1. The number of carbonyl (C=O) groups is 3. The van der Waals surface area contributed by atoms with Crippen LogP contribution >= 0.6 is 0 Å². The molecule has 0 radical (unpaired) electrons. The van der Waals surface area contributed by atoms with Crippen LogP contribution in [0.25, 0.3) is 0 Å². The first kappa shape index (κ1) is 19.6. The fraction of sp³-hybridized carbons (Fsp3) is 0.524. The molecule has 154 valence electrons. The molecule has 8 heteroatoms. The van der Waals surface area contributed by atoms with E-state index >= 15 is 0 Å². The van der Waals surface area contributed by atoms with Crippen LogP contribution in [0.15, 0.2) is 29.4 Å². The van der Waals surface area contributed by atoms with E-state index in [2.05, 4.69) is 10.1 Å². The van der Waals surface area contributed by atoms with Gasteiger partial charge in [0.1, 0.15) is 5.84 Å². The van der Waals surface area contributed by atoms with Gasteiger partial charge in [0.15, 0.2) is 0 Å². The maximum absolute atomic E-state index is 12.5. The monoisotopic (exact) mass is 398 g/mol. The molecule has 2 atom stereocenters. The number of amidine groups is 1. The van der Waals surface area contributed by atoms with Crippen molar-refractivity contribution in [3.8, 4) is 0 Å². The Morgan fingerprint density at radius 1 is 1.07 bits per heavy atom. The molecule has 1 aromatic rings. The molecule has 3 aliphatic rings. The van der Waals surface area contributed by atoms with E-state index in [1.807, 2.05) is 0 Å². The molecule has 3 heterocycles. The minimum Gasteiger partial charge on any atom is -0.384 e. The minimum absolute atomic E-state index is 0.0891. The van der Waals surface area contributed by atoms with E-state index in [9.17, 15) is 14.4 Å². The molecule has 8 nitrogen and oxygen atoms in total. The third-order valence-electron chi connectivity index (χ3n) is 6.11. The average molecular weight is 398 g/mol. The zero-order chi connectivity index (χ0) is 20.4. The Labute approximate surface area is 169 Å². The Morgan fingerprint density at radius 3 is 2.48 bits per heavy atom. The van der Waals surface area contributed by atoms with Gasteiger partial charge in [-0.3, -0.25) is 19.4 Å². The summed E-state index contributed by atoms with van der Waals surface area (Å²) in [6, 6.07) is 6.95. The van der Waals surface area contributed by atoms with Crippen molar-refractivity contribution < 1.29 is 19.2 Å². The number of piperidine rings is 2. The second-order valence-corrected chi connectivity index (χ2v) is 7.90. The number of nitrogens with zero attached hydrogens (tertiary/aromatic N) is 3. The first-order chi connectivity index (χ1) is 14.1. The third kappa shape index (κ3) is 3.89. The minimum atomic E-state index is -0.342. The summed E-state index contributed by atoms with van der Waals surface area (Å²) in [4.78, 5) is 45.9. The van der Waals surface area contributed by atoms with Crippen LogP contribution in [0.1, 0.15) is 59.2 Å². The topological polar surface area (TPSA) is 105 Å². The maximum atomic E-state index is 12.5. The van der Waals surface area contributed by atoms with Gasteiger partial charge < -0.3 is 10.6 Å². The molecule has 2 fully saturated rings.